The van der Waals surface area contributed by atoms with Crippen LogP contribution in [0.15, 0.2) is 48.5 Å². The number of amides is 2. The number of hydrogen-bond donors (Lipinski definition) is 1. The Bertz CT molecular complexity index is 864. The Hall–Kier alpha value is -2.08. The quantitative estimate of drug-likeness (QED) is 0.796. The van der Waals surface area contributed by atoms with Crippen molar-refractivity contribution in [2.24, 2.45) is 0 Å². The van der Waals surface area contributed by atoms with E-state index in [0.29, 0.717) is 10.7 Å². The van der Waals surface area contributed by atoms with Crippen molar-refractivity contribution in [3.05, 3.63) is 58.6 Å². The first-order chi connectivity index (χ1) is 13.0. The van der Waals surface area contributed by atoms with Crippen LogP contribution in [0.2, 0.25) is 10.0 Å². The summed E-state index contributed by atoms with van der Waals surface area (Å²) in [5.41, 5.74) is 1.61. The zero-order valence-corrected chi connectivity index (χ0v) is 16.2. The number of para-hydroxylation sites is 1. The van der Waals surface area contributed by atoms with Crippen LogP contribution in [-0.4, -0.2) is 44.0 Å². The van der Waals surface area contributed by atoms with Gasteiger partial charge in [-0.25, -0.2) is 4.90 Å². The van der Waals surface area contributed by atoms with Crippen LogP contribution >= 0.6 is 23.2 Å². The monoisotopic (exact) mass is 404 g/mol. The third-order valence-electron chi connectivity index (χ3n) is 5.32. The Morgan fingerprint density at radius 2 is 1.59 bits per heavy atom. The highest BCUT2D eigenvalue weighted by Gasteiger charge is 2.46. The number of anilines is 2. The fraction of sp³-hybridized carbons (Fsp3) is 0.300. The first-order valence-corrected chi connectivity index (χ1v) is 9.76. The highest BCUT2D eigenvalue weighted by Crippen LogP contribution is 2.26. The zero-order chi connectivity index (χ0) is 19.0. The van der Waals surface area contributed by atoms with Crippen LogP contribution in [0.1, 0.15) is 6.42 Å². The standard InChI is InChI=1S/C20H19Cl2N3O2/c21-14-5-7-15(8-6-14)25-19(26)13-18(20(25)27)24-11-9-23(10-12-24)17-4-2-1-3-16(17)22/h1-8,18H,9-13H2/p+1/t18-/m1/s1. The molecule has 2 aliphatic rings. The lowest BCUT2D eigenvalue weighted by atomic mass is 10.1. The average Bonchev–Trinajstić information content (AvgIpc) is 2.97. The van der Waals surface area contributed by atoms with Crippen LogP contribution in [0.5, 0.6) is 0 Å². The van der Waals surface area contributed by atoms with Crippen molar-refractivity contribution < 1.29 is 14.5 Å². The minimum atomic E-state index is -0.318. The molecular weight excluding hydrogens is 385 g/mol. The molecule has 5 nitrogen and oxygen atoms in total. The third-order valence-corrected chi connectivity index (χ3v) is 5.89. The summed E-state index contributed by atoms with van der Waals surface area (Å²) in [6.45, 7) is 3.20. The fourth-order valence-corrected chi connectivity index (χ4v) is 4.29. The number of benzene rings is 2. The number of carbonyl (C=O) groups excluding carboxylic acids is 2. The molecule has 7 heteroatoms. The van der Waals surface area contributed by atoms with E-state index in [1.165, 1.54) is 4.90 Å². The summed E-state index contributed by atoms with van der Waals surface area (Å²) in [6, 6.07) is 14.3. The van der Waals surface area contributed by atoms with Crippen molar-refractivity contribution >= 4 is 46.4 Å². The number of rotatable bonds is 3. The summed E-state index contributed by atoms with van der Waals surface area (Å²) >= 11 is 12.2. The summed E-state index contributed by atoms with van der Waals surface area (Å²) < 4.78 is 0. The molecule has 2 heterocycles. The van der Waals surface area contributed by atoms with Gasteiger partial charge in [0.05, 0.1) is 49.0 Å². The summed E-state index contributed by atoms with van der Waals surface area (Å²) in [7, 11) is 0. The minimum absolute atomic E-state index is 0.122. The van der Waals surface area contributed by atoms with Gasteiger partial charge in [0.1, 0.15) is 0 Å². The second-order valence-corrected chi connectivity index (χ2v) is 7.74. The van der Waals surface area contributed by atoms with E-state index in [1.54, 1.807) is 24.3 Å². The van der Waals surface area contributed by atoms with Crippen LogP contribution in [0, 0.1) is 0 Å². The molecule has 2 aromatic carbocycles. The van der Waals surface area contributed by atoms with E-state index in [0.717, 1.165) is 41.8 Å². The highest BCUT2D eigenvalue weighted by molar-refractivity contribution is 6.33. The zero-order valence-electron chi connectivity index (χ0n) is 14.7. The van der Waals surface area contributed by atoms with Crippen molar-refractivity contribution in [3.8, 4) is 0 Å². The van der Waals surface area contributed by atoms with Crippen molar-refractivity contribution in [1.29, 1.82) is 0 Å². The number of piperazine rings is 1. The van der Waals surface area contributed by atoms with Crippen molar-refractivity contribution in [1.82, 2.24) is 0 Å². The van der Waals surface area contributed by atoms with Gasteiger partial charge in [-0.1, -0.05) is 35.3 Å². The van der Waals surface area contributed by atoms with Gasteiger partial charge in [-0.15, -0.1) is 0 Å². The summed E-state index contributed by atoms with van der Waals surface area (Å²) in [6.07, 6.45) is 0.253. The molecule has 0 saturated carbocycles. The topological polar surface area (TPSA) is 45.1 Å². The number of hydrogen-bond acceptors (Lipinski definition) is 3. The van der Waals surface area contributed by atoms with Crippen LogP contribution in [0.25, 0.3) is 0 Å². The predicted molar refractivity (Wildman–Crippen MR) is 107 cm³/mol. The smallest absolute Gasteiger partial charge is 0.292 e. The minimum Gasteiger partial charge on any atom is -0.359 e. The maximum absolute atomic E-state index is 12.9. The Labute approximate surface area is 168 Å². The average molecular weight is 405 g/mol. The number of carbonyl (C=O) groups is 2. The molecule has 4 rings (SSSR count). The third kappa shape index (κ3) is 3.55. The number of nitrogens with zero attached hydrogens (tertiary/aromatic N) is 2. The van der Waals surface area contributed by atoms with Crippen molar-refractivity contribution in [3.63, 3.8) is 0 Å². The Morgan fingerprint density at radius 1 is 0.926 bits per heavy atom. The first kappa shape index (κ1) is 18.3. The molecule has 2 aromatic rings. The number of halogens is 2. The maximum atomic E-state index is 12.9. The molecule has 0 unspecified atom stereocenters. The van der Waals surface area contributed by atoms with E-state index in [9.17, 15) is 9.59 Å². The number of quaternary nitrogens is 1. The molecule has 0 spiro atoms. The van der Waals surface area contributed by atoms with Gasteiger partial charge in [-0.2, -0.15) is 0 Å². The van der Waals surface area contributed by atoms with Crippen LogP contribution in [0.3, 0.4) is 0 Å². The van der Waals surface area contributed by atoms with Crippen LogP contribution in [0.4, 0.5) is 11.4 Å². The number of imide groups is 1. The largest absolute Gasteiger partial charge is 0.359 e. The van der Waals surface area contributed by atoms with Gasteiger partial charge in [0.15, 0.2) is 6.04 Å². The van der Waals surface area contributed by atoms with Gasteiger partial charge in [0.2, 0.25) is 5.91 Å². The van der Waals surface area contributed by atoms with Crippen molar-refractivity contribution in [2.45, 2.75) is 12.5 Å². The lowest BCUT2D eigenvalue weighted by Crippen LogP contribution is -3.19. The van der Waals surface area contributed by atoms with E-state index in [-0.39, 0.29) is 24.3 Å². The second kappa shape index (κ2) is 7.50. The van der Waals surface area contributed by atoms with Crippen molar-refractivity contribution in [2.75, 3.05) is 36.0 Å². The molecule has 140 valence electrons. The van der Waals surface area contributed by atoms with Gasteiger partial charge < -0.3 is 9.80 Å². The van der Waals surface area contributed by atoms with E-state index in [2.05, 4.69) is 4.90 Å². The predicted octanol–water partition coefficient (Wildman–Crippen LogP) is 2.03. The normalized spacial score (nSPS) is 21.2. The molecular formula is C20H20Cl2N3O2+. The second-order valence-electron chi connectivity index (χ2n) is 6.90. The van der Waals surface area contributed by atoms with Gasteiger partial charge in [-0.3, -0.25) is 9.59 Å². The highest BCUT2D eigenvalue weighted by atomic mass is 35.5. The molecule has 2 aliphatic heterocycles. The SMILES string of the molecule is O=C1C[C@@H]([NH+]2CCN(c3ccccc3Cl)CC2)C(=O)N1c1ccc(Cl)cc1. The Balaban J connectivity index is 1.44. The molecule has 0 aromatic heterocycles. The Kier molecular flexibility index (Phi) is 5.08. The summed E-state index contributed by atoms with van der Waals surface area (Å²) in [4.78, 5) is 30.1. The summed E-state index contributed by atoms with van der Waals surface area (Å²) in [5.74, 6) is -0.267. The van der Waals surface area contributed by atoms with E-state index in [1.807, 2.05) is 24.3 Å². The van der Waals surface area contributed by atoms with E-state index in [4.69, 9.17) is 23.2 Å². The van der Waals surface area contributed by atoms with E-state index >= 15 is 0 Å². The lowest BCUT2D eigenvalue weighted by molar-refractivity contribution is -0.915. The van der Waals surface area contributed by atoms with Crippen LogP contribution in [-0.2, 0) is 9.59 Å². The molecule has 0 radical (unpaired) electrons. The molecule has 2 saturated heterocycles. The summed E-state index contributed by atoms with van der Waals surface area (Å²) in [5, 5.41) is 1.32. The molecule has 27 heavy (non-hydrogen) atoms. The van der Waals surface area contributed by atoms with Gasteiger partial charge >= 0.3 is 0 Å². The number of nitrogens with one attached hydrogen (secondary N) is 1. The molecule has 0 aliphatic carbocycles. The Morgan fingerprint density at radius 3 is 2.26 bits per heavy atom. The van der Waals surface area contributed by atoms with Crippen LogP contribution < -0.4 is 14.7 Å². The van der Waals surface area contributed by atoms with E-state index < -0.39 is 0 Å². The van der Waals surface area contributed by atoms with Gasteiger partial charge in [0, 0.05) is 5.02 Å². The molecule has 1 N–H and O–H groups in total. The lowest BCUT2D eigenvalue weighted by Gasteiger charge is -2.36. The van der Waals surface area contributed by atoms with Gasteiger partial charge in [-0.05, 0) is 36.4 Å². The molecule has 0 bridgehead atoms. The molecule has 2 fully saturated rings. The van der Waals surface area contributed by atoms with Gasteiger partial charge in [0.25, 0.3) is 5.91 Å². The maximum Gasteiger partial charge on any atom is 0.292 e. The first-order valence-electron chi connectivity index (χ1n) is 9.01. The molecule has 1 atom stereocenters. The molecule has 2 amide bonds. The fourth-order valence-electron chi connectivity index (χ4n) is 3.90.